The zero-order valence-corrected chi connectivity index (χ0v) is 14.7. The van der Waals surface area contributed by atoms with Crippen molar-refractivity contribution in [2.24, 2.45) is 0 Å². The second kappa shape index (κ2) is 6.30. The van der Waals surface area contributed by atoms with Crippen molar-refractivity contribution in [3.8, 4) is 5.75 Å². The van der Waals surface area contributed by atoms with Crippen LogP contribution in [0.3, 0.4) is 0 Å². The number of hydrogen-bond donors (Lipinski definition) is 0. The van der Waals surface area contributed by atoms with Crippen molar-refractivity contribution in [2.45, 2.75) is 58.7 Å². The predicted molar refractivity (Wildman–Crippen MR) is 90.7 cm³/mol. The summed E-state index contributed by atoms with van der Waals surface area (Å²) >= 11 is 0. The zero-order valence-electron chi connectivity index (χ0n) is 14.7. The third-order valence-corrected chi connectivity index (χ3v) is 4.50. The molecule has 1 atom stereocenters. The molecule has 1 aliphatic heterocycles. The Hall–Kier alpha value is -2.30. The van der Waals surface area contributed by atoms with Crippen molar-refractivity contribution in [3.63, 3.8) is 0 Å². The molecule has 0 saturated carbocycles. The van der Waals surface area contributed by atoms with Gasteiger partial charge in [-0.25, -0.2) is 4.98 Å². The molecule has 0 saturated heterocycles. The highest BCUT2D eigenvalue weighted by Crippen LogP contribution is 2.34. The summed E-state index contributed by atoms with van der Waals surface area (Å²) in [6.45, 7) is 8.50. The van der Waals surface area contributed by atoms with Crippen molar-refractivity contribution < 1.29 is 13.9 Å². The lowest BCUT2D eigenvalue weighted by Gasteiger charge is -2.33. The quantitative estimate of drug-likeness (QED) is 0.783. The summed E-state index contributed by atoms with van der Waals surface area (Å²) in [5, 5.41) is 0. The first-order valence-electron chi connectivity index (χ1n) is 8.32. The minimum absolute atomic E-state index is 0.110. The van der Waals surface area contributed by atoms with Gasteiger partial charge < -0.3 is 14.1 Å². The van der Waals surface area contributed by atoms with Gasteiger partial charge in [-0.05, 0) is 57.7 Å². The Morgan fingerprint density at radius 1 is 1.42 bits per heavy atom. The van der Waals surface area contributed by atoms with Crippen LogP contribution in [0.2, 0.25) is 0 Å². The van der Waals surface area contributed by atoms with Gasteiger partial charge in [0, 0.05) is 6.54 Å². The van der Waals surface area contributed by atoms with Crippen LogP contribution < -0.4 is 4.74 Å². The van der Waals surface area contributed by atoms with E-state index in [0.717, 1.165) is 36.3 Å². The number of fused-ring (bicyclic) bond motifs is 1. The third kappa shape index (κ3) is 3.45. The molecule has 0 spiro atoms. The summed E-state index contributed by atoms with van der Waals surface area (Å²) in [6, 6.07) is 5.95. The van der Waals surface area contributed by atoms with Crippen LogP contribution in [0.1, 0.15) is 56.0 Å². The number of aromatic nitrogens is 1. The molecule has 2 heterocycles. The fraction of sp³-hybridized carbons (Fsp3) is 0.474. The molecule has 5 nitrogen and oxygen atoms in total. The molecule has 1 amide bonds. The first-order chi connectivity index (χ1) is 11.4. The van der Waals surface area contributed by atoms with Gasteiger partial charge in [-0.3, -0.25) is 4.79 Å². The van der Waals surface area contributed by atoms with Gasteiger partial charge in [-0.15, -0.1) is 0 Å². The van der Waals surface area contributed by atoms with Crippen LogP contribution >= 0.6 is 0 Å². The van der Waals surface area contributed by atoms with Gasteiger partial charge >= 0.3 is 0 Å². The van der Waals surface area contributed by atoms with Gasteiger partial charge in [-0.2, -0.15) is 0 Å². The van der Waals surface area contributed by atoms with E-state index < -0.39 is 0 Å². The molecule has 2 aromatic rings. The van der Waals surface area contributed by atoms with E-state index in [2.05, 4.69) is 24.9 Å². The molecule has 0 fully saturated rings. The summed E-state index contributed by atoms with van der Waals surface area (Å²) in [6.07, 6.45) is 4.51. The molecule has 5 heteroatoms. The lowest BCUT2D eigenvalue weighted by atomic mass is 9.93. The Labute approximate surface area is 142 Å². The first-order valence-corrected chi connectivity index (χ1v) is 8.32. The molecule has 128 valence electrons. The number of hydrogen-bond acceptors (Lipinski definition) is 4. The number of nitrogens with zero attached hydrogens (tertiary/aromatic N) is 2. The van der Waals surface area contributed by atoms with E-state index in [0.29, 0.717) is 12.4 Å². The Balaban J connectivity index is 1.76. The number of carbonyl (C=O) groups is 1. The number of amides is 1. The number of aryl methyl sites for hydroxylation is 2. The molecule has 1 aromatic heterocycles. The SMILES string of the molecule is Cc1cnc(C(C)N(C=O)Cc2ccc3c(c2)CCC(C)(C)O3)o1. The number of rotatable bonds is 5. The minimum Gasteiger partial charge on any atom is -0.488 e. The van der Waals surface area contributed by atoms with E-state index in [1.807, 2.05) is 26.0 Å². The molecule has 1 aliphatic rings. The molecule has 1 unspecified atom stereocenters. The summed E-state index contributed by atoms with van der Waals surface area (Å²) in [5.74, 6) is 2.25. The summed E-state index contributed by atoms with van der Waals surface area (Å²) in [4.78, 5) is 17.5. The molecular weight excluding hydrogens is 304 g/mol. The average Bonchev–Trinajstić information content (AvgIpc) is 2.98. The monoisotopic (exact) mass is 328 g/mol. The molecule has 1 aromatic carbocycles. The maximum Gasteiger partial charge on any atom is 0.216 e. The lowest BCUT2D eigenvalue weighted by Crippen LogP contribution is -2.32. The Kier molecular flexibility index (Phi) is 4.35. The van der Waals surface area contributed by atoms with Crippen molar-refractivity contribution >= 4 is 6.41 Å². The molecule has 0 radical (unpaired) electrons. The van der Waals surface area contributed by atoms with Crippen molar-refractivity contribution in [3.05, 3.63) is 47.2 Å². The van der Waals surface area contributed by atoms with Crippen molar-refractivity contribution in [1.82, 2.24) is 9.88 Å². The number of oxazole rings is 1. The van der Waals surface area contributed by atoms with E-state index in [-0.39, 0.29) is 11.6 Å². The van der Waals surface area contributed by atoms with E-state index in [1.165, 1.54) is 5.56 Å². The van der Waals surface area contributed by atoms with Crippen molar-refractivity contribution in [2.75, 3.05) is 0 Å². The molecule has 3 rings (SSSR count). The highest BCUT2D eigenvalue weighted by Gasteiger charge is 2.27. The van der Waals surface area contributed by atoms with Crippen LogP contribution in [0.5, 0.6) is 5.75 Å². The average molecular weight is 328 g/mol. The maximum atomic E-state index is 11.5. The van der Waals surface area contributed by atoms with E-state index in [9.17, 15) is 4.79 Å². The van der Waals surface area contributed by atoms with Gasteiger partial charge in [0.1, 0.15) is 23.2 Å². The van der Waals surface area contributed by atoms with E-state index in [4.69, 9.17) is 9.15 Å². The van der Waals surface area contributed by atoms with Gasteiger partial charge in [0.2, 0.25) is 12.3 Å². The van der Waals surface area contributed by atoms with Crippen LogP contribution in [-0.2, 0) is 17.8 Å². The van der Waals surface area contributed by atoms with Gasteiger partial charge in [-0.1, -0.05) is 12.1 Å². The zero-order chi connectivity index (χ0) is 17.3. The maximum absolute atomic E-state index is 11.5. The van der Waals surface area contributed by atoms with Gasteiger partial charge in [0.25, 0.3) is 0 Å². The number of carbonyl (C=O) groups excluding carboxylic acids is 1. The lowest BCUT2D eigenvalue weighted by molar-refractivity contribution is -0.121. The Bertz CT molecular complexity index is 736. The second-order valence-electron chi connectivity index (χ2n) is 7.07. The van der Waals surface area contributed by atoms with E-state index in [1.54, 1.807) is 11.1 Å². The summed E-state index contributed by atoms with van der Waals surface area (Å²) in [5.41, 5.74) is 2.18. The Morgan fingerprint density at radius 2 is 2.21 bits per heavy atom. The third-order valence-electron chi connectivity index (χ3n) is 4.50. The molecular formula is C19H24N2O3. The molecule has 24 heavy (non-hydrogen) atoms. The van der Waals surface area contributed by atoms with E-state index >= 15 is 0 Å². The highest BCUT2D eigenvalue weighted by atomic mass is 16.5. The molecule has 0 bridgehead atoms. The van der Waals surface area contributed by atoms with Gasteiger partial charge in [0.05, 0.1) is 6.20 Å². The molecule has 0 N–H and O–H groups in total. The van der Waals surface area contributed by atoms with Crippen LogP contribution in [0.4, 0.5) is 0 Å². The minimum atomic E-state index is -0.206. The highest BCUT2D eigenvalue weighted by molar-refractivity contribution is 5.49. The first kappa shape index (κ1) is 16.6. The normalized spacial score (nSPS) is 16.8. The largest absolute Gasteiger partial charge is 0.488 e. The number of benzene rings is 1. The standard InChI is InChI=1S/C19H24N2O3/c1-13-10-20-18(23-13)14(2)21(12-22)11-15-5-6-17-16(9-15)7-8-19(3,4)24-17/h5-6,9-10,12,14H,7-8,11H2,1-4H3. The van der Waals surface area contributed by atoms with Gasteiger partial charge in [0.15, 0.2) is 0 Å². The van der Waals surface area contributed by atoms with Crippen LogP contribution in [-0.4, -0.2) is 21.9 Å². The fourth-order valence-corrected chi connectivity index (χ4v) is 2.99. The van der Waals surface area contributed by atoms with Crippen LogP contribution in [0.15, 0.2) is 28.8 Å². The topological polar surface area (TPSA) is 55.6 Å². The van der Waals surface area contributed by atoms with Crippen LogP contribution in [0.25, 0.3) is 0 Å². The number of ether oxygens (including phenoxy) is 1. The fourth-order valence-electron chi connectivity index (χ4n) is 2.99. The summed E-state index contributed by atoms with van der Waals surface area (Å²) < 4.78 is 11.6. The Morgan fingerprint density at radius 3 is 2.88 bits per heavy atom. The van der Waals surface area contributed by atoms with Crippen LogP contribution in [0, 0.1) is 6.92 Å². The second-order valence-corrected chi connectivity index (χ2v) is 7.07. The smallest absolute Gasteiger partial charge is 0.216 e. The summed E-state index contributed by atoms with van der Waals surface area (Å²) in [7, 11) is 0. The predicted octanol–water partition coefficient (Wildman–Crippen LogP) is 3.81. The molecule has 0 aliphatic carbocycles. The van der Waals surface area contributed by atoms with Crippen molar-refractivity contribution in [1.29, 1.82) is 0 Å².